The minimum Gasteiger partial charge on any atom is -0.508 e. The maximum atomic E-state index is 10.4. The summed E-state index contributed by atoms with van der Waals surface area (Å²) in [6.45, 7) is 0. The zero-order valence-corrected chi connectivity index (χ0v) is 16.9. The lowest BCUT2D eigenvalue weighted by Gasteiger charge is -2.38. The van der Waals surface area contributed by atoms with Crippen LogP contribution in [0.15, 0.2) is 65.8 Å². The second-order valence-corrected chi connectivity index (χ2v) is 7.68. The van der Waals surface area contributed by atoms with E-state index in [-0.39, 0.29) is 17.5 Å². The van der Waals surface area contributed by atoms with Crippen LogP contribution in [0.4, 0.5) is 0 Å². The predicted molar refractivity (Wildman–Crippen MR) is 113 cm³/mol. The van der Waals surface area contributed by atoms with Gasteiger partial charge in [0, 0.05) is 28.1 Å². The number of hydrogen-bond acceptors (Lipinski definition) is 6. The molecule has 2 unspecified atom stereocenters. The third kappa shape index (κ3) is 3.00. The number of ether oxygens (including phenoxy) is 2. The highest BCUT2D eigenvalue weighted by atomic mass is 35.5. The van der Waals surface area contributed by atoms with E-state index >= 15 is 0 Å². The van der Waals surface area contributed by atoms with Crippen molar-refractivity contribution >= 4 is 17.3 Å². The van der Waals surface area contributed by atoms with Crippen molar-refractivity contribution in [3.8, 4) is 23.0 Å². The molecule has 2 aliphatic heterocycles. The lowest BCUT2D eigenvalue weighted by Crippen LogP contribution is -2.33. The van der Waals surface area contributed by atoms with Crippen molar-refractivity contribution in [2.24, 2.45) is 5.10 Å². The van der Waals surface area contributed by atoms with Gasteiger partial charge < -0.3 is 19.7 Å². The molecule has 30 heavy (non-hydrogen) atoms. The first-order valence-corrected chi connectivity index (χ1v) is 9.90. The quantitative estimate of drug-likeness (QED) is 0.621. The van der Waals surface area contributed by atoms with E-state index in [2.05, 4.69) is 0 Å². The molecule has 2 atom stereocenters. The van der Waals surface area contributed by atoms with E-state index in [1.54, 1.807) is 37.4 Å². The van der Waals surface area contributed by atoms with Gasteiger partial charge in [0.05, 0.1) is 18.9 Å². The largest absolute Gasteiger partial charge is 0.508 e. The summed E-state index contributed by atoms with van der Waals surface area (Å²) in [6, 6.07) is 17.5. The standard InChI is InChI=1S/C23H19ClN2O4/c1-29-21-4-2-3-16-19-12-18(17-11-14(24)7-10-20(17)28)25-26(19)23(30-22(16)21)13-5-8-15(27)9-6-13/h2-11,19,23,27-28H,12H2,1H3. The second-order valence-electron chi connectivity index (χ2n) is 7.25. The smallest absolute Gasteiger partial charge is 0.214 e. The van der Waals surface area contributed by atoms with Crippen LogP contribution in [0.5, 0.6) is 23.0 Å². The van der Waals surface area contributed by atoms with Crippen molar-refractivity contribution < 1.29 is 19.7 Å². The summed E-state index contributed by atoms with van der Waals surface area (Å²) >= 11 is 6.16. The third-order valence-corrected chi connectivity index (χ3v) is 5.68. The maximum absolute atomic E-state index is 10.4. The first kappa shape index (κ1) is 18.6. The summed E-state index contributed by atoms with van der Waals surface area (Å²) in [4.78, 5) is 0. The summed E-state index contributed by atoms with van der Waals surface area (Å²) in [5.41, 5.74) is 3.13. The number of aromatic hydroxyl groups is 2. The number of rotatable bonds is 3. The number of hydrazone groups is 1. The molecule has 7 heteroatoms. The highest BCUT2D eigenvalue weighted by Gasteiger charge is 2.42. The molecule has 3 aromatic carbocycles. The van der Waals surface area contributed by atoms with Crippen molar-refractivity contribution in [1.29, 1.82) is 0 Å². The number of halogens is 1. The lowest BCUT2D eigenvalue weighted by molar-refractivity contribution is -0.0209. The molecule has 2 N–H and O–H groups in total. The number of para-hydroxylation sites is 1. The Morgan fingerprint density at radius 2 is 1.90 bits per heavy atom. The topological polar surface area (TPSA) is 74.5 Å². The van der Waals surface area contributed by atoms with Gasteiger partial charge in [0.2, 0.25) is 6.23 Å². The van der Waals surface area contributed by atoms with Crippen molar-refractivity contribution in [2.45, 2.75) is 18.7 Å². The molecule has 152 valence electrons. The van der Waals surface area contributed by atoms with Gasteiger partial charge in [0.15, 0.2) is 11.5 Å². The molecule has 0 amide bonds. The molecule has 0 aliphatic carbocycles. The molecule has 6 nitrogen and oxygen atoms in total. The van der Waals surface area contributed by atoms with E-state index in [1.165, 1.54) is 0 Å². The van der Waals surface area contributed by atoms with Crippen LogP contribution in [-0.2, 0) is 0 Å². The van der Waals surface area contributed by atoms with E-state index in [0.29, 0.717) is 28.5 Å². The van der Waals surface area contributed by atoms with Gasteiger partial charge in [-0.3, -0.25) is 0 Å². The van der Waals surface area contributed by atoms with E-state index in [4.69, 9.17) is 26.2 Å². The Kier molecular flexibility index (Phi) is 4.44. The molecule has 0 saturated heterocycles. The average Bonchev–Trinajstić information content (AvgIpc) is 3.20. The van der Waals surface area contributed by atoms with Gasteiger partial charge in [-0.15, -0.1) is 0 Å². The van der Waals surface area contributed by atoms with Gasteiger partial charge in [0.1, 0.15) is 11.5 Å². The van der Waals surface area contributed by atoms with E-state index in [0.717, 1.165) is 16.8 Å². The van der Waals surface area contributed by atoms with Crippen molar-refractivity contribution in [1.82, 2.24) is 5.01 Å². The summed E-state index contributed by atoms with van der Waals surface area (Å²) in [6.07, 6.45) is 0.0599. The molecule has 0 fully saturated rings. The molecule has 3 aromatic rings. The van der Waals surface area contributed by atoms with Crippen molar-refractivity contribution in [3.05, 3.63) is 82.4 Å². The molecular formula is C23H19ClN2O4. The monoisotopic (exact) mass is 422 g/mol. The van der Waals surface area contributed by atoms with Crippen LogP contribution < -0.4 is 9.47 Å². The summed E-state index contributed by atoms with van der Waals surface area (Å²) < 4.78 is 11.9. The van der Waals surface area contributed by atoms with Crippen molar-refractivity contribution in [3.63, 3.8) is 0 Å². The van der Waals surface area contributed by atoms with Crippen LogP contribution >= 0.6 is 11.6 Å². The van der Waals surface area contributed by atoms with Gasteiger partial charge in [-0.1, -0.05) is 23.7 Å². The number of methoxy groups -OCH3 is 1. The Hall–Kier alpha value is -3.38. The highest BCUT2D eigenvalue weighted by Crippen LogP contribution is 2.51. The fraction of sp³-hybridized carbons (Fsp3) is 0.174. The first-order valence-electron chi connectivity index (χ1n) is 9.52. The van der Waals surface area contributed by atoms with Gasteiger partial charge in [0.25, 0.3) is 0 Å². The molecule has 2 aliphatic rings. The number of phenolic OH excluding ortho intramolecular Hbond substituents is 2. The van der Waals surface area contributed by atoms with Gasteiger partial charge in [-0.2, -0.15) is 5.10 Å². The molecule has 5 rings (SSSR count). The molecule has 0 bridgehead atoms. The number of fused-ring (bicyclic) bond motifs is 3. The Morgan fingerprint density at radius 1 is 1.10 bits per heavy atom. The zero-order chi connectivity index (χ0) is 20.8. The Labute approximate surface area is 178 Å². The molecular weight excluding hydrogens is 404 g/mol. The number of benzene rings is 3. The normalized spacial score (nSPS) is 19.5. The average molecular weight is 423 g/mol. The molecule has 0 spiro atoms. The summed E-state index contributed by atoms with van der Waals surface area (Å²) in [5, 5.41) is 27.3. The van der Waals surface area contributed by atoms with Crippen molar-refractivity contribution in [2.75, 3.05) is 7.11 Å². The fourth-order valence-corrected chi connectivity index (χ4v) is 4.18. The van der Waals surface area contributed by atoms with Crippen LogP contribution in [0, 0.1) is 0 Å². The molecule has 0 saturated carbocycles. The number of hydrogen-bond donors (Lipinski definition) is 2. The first-order chi connectivity index (χ1) is 14.5. The number of phenols is 2. The SMILES string of the molecule is COc1cccc2c1OC(c1ccc(O)cc1)N1N=C(c3cc(Cl)ccc3O)CC21. The summed E-state index contributed by atoms with van der Waals surface area (Å²) in [5.74, 6) is 1.63. The van der Waals surface area contributed by atoms with Crippen LogP contribution in [0.3, 0.4) is 0 Å². The van der Waals surface area contributed by atoms with Crippen LogP contribution in [0.25, 0.3) is 0 Å². The highest BCUT2D eigenvalue weighted by molar-refractivity contribution is 6.31. The predicted octanol–water partition coefficient (Wildman–Crippen LogP) is 5.00. The Morgan fingerprint density at radius 3 is 2.67 bits per heavy atom. The molecule has 0 radical (unpaired) electrons. The minimum absolute atomic E-state index is 0.101. The summed E-state index contributed by atoms with van der Waals surface area (Å²) in [7, 11) is 1.61. The van der Waals surface area contributed by atoms with E-state index in [1.807, 2.05) is 35.3 Å². The van der Waals surface area contributed by atoms with E-state index < -0.39 is 6.23 Å². The Bertz CT molecular complexity index is 1150. The molecule has 2 heterocycles. The molecule has 0 aromatic heterocycles. The maximum Gasteiger partial charge on any atom is 0.214 e. The zero-order valence-electron chi connectivity index (χ0n) is 16.1. The van der Waals surface area contributed by atoms with Crippen LogP contribution in [-0.4, -0.2) is 28.0 Å². The lowest BCUT2D eigenvalue weighted by atomic mass is 9.95. The third-order valence-electron chi connectivity index (χ3n) is 5.45. The minimum atomic E-state index is -0.516. The van der Waals surface area contributed by atoms with Gasteiger partial charge >= 0.3 is 0 Å². The number of nitrogens with zero attached hydrogens (tertiary/aromatic N) is 2. The van der Waals surface area contributed by atoms with Crippen LogP contribution in [0.2, 0.25) is 5.02 Å². The van der Waals surface area contributed by atoms with E-state index in [9.17, 15) is 10.2 Å². The van der Waals surface area contributed by atoms with Gasteiger partial charge in [-0.25, -0.2) is 5.01 Å². The second kappa shape index (κ2) is 7.15. The Balaban J connectivity index is 1.64. The van der Waals surface area contributed by atoms with Gasteiger partial charge in [-0.05, 0) is 48.5 Å². The fourth-order valence-electron chi connectivity index (χ4n) is 4.01. The van der Waals surface area contributed by atoms with Crippen LogP contribution in [0.1, 0.15) is 35.4 Å².